The van der Waals surface area contributed by atoms with E-state index in [4.69, 9.17) is 0 Å². The second-order valence-corrected chi connectivity index (χ2v) is 8.21. The molecule has 0 radical (unpaired) electrons. The number of rotatable bonds is 4. The molecule has 1 saturated carbocycles. The van der Waals surface area contributed by atoms with Gasteiger partial charge in [-0.1, -0.05) is 30.3 Å². The summed E-state index contributed by atoms with van der Waals surface area (Å²) in [6.45, 7) is 3.65. The maximum absolute atomic E-state index is 13.9. The number of fused-ring (bicyclic) bond motifs is 1. The lowest BCUT2D eigenvalue weighted by Gasteiger charge is -2.35. The normalized spacial score (nSPS) is 26.7. The van der Waals surface area contributed by atoms with E-state index < -0.39 is 6.10 Å². The van der Waals surface area contributed by atoms with Gasteiger partial charge in [-0.25, -0.2) is 4.39 Å². The van der Waals surface area contributed by atoms with E-state index in [2.05, 4.69) is 10.6 Å². The van der Waals surface area contributed by atoms with Crippen molar-refractivity contribution in [1.29, 1.82) is 0 Å². The summed E-state index contributed by atoms with van der Waals surface area (Å²) in [6, 6.07) is 12.4. The number of amides is 1. The Morgan fingerprint density at radius 1 is 1.18 bits per heavy atom. The number of hydrogen-bond donors (Lipinski definition) is 3. The van der Waals surface area contributed by atoms with Crippen LogP contribution in [0.25, 0.3) is 0 Å². The van der Waals surface area contributed by atoms with Crippen LogP contribution in [0.4, 0.5) is 4.39 Å². The average molecular weight is 382 g/mol. The minimum Gasteiger partial charge on any atom is -0.391 e. The summed E-state index contributed by atoms with van der Waals surface area (Å²) in [4.78, 5) is 13.0. The molecule has 0 aromatic heterocycles. The average Bonchev–Trinajstić information content (AvgIpc) is 3.12. The van der Waals surface area contributed by atoms with Gasteiger partial charge < -0.3 is 15.7 Å². The maximum Gasteiger partial charge on any atom is 0.251 e. The zero-order valence-corrected chi connectivity index (χ0v) is 16.1. The zero-order chi connectivity index (χ0) is 19.7. The van der Waals surface area contributed by atoms with Crippen LogP contribution in [0.3, 0.4) is 0 Å². The molecule has 0 bridgehead atoms. The minimum absolute atomic E-state index is 0.170. The van der Waals surface area contributed by atoms with E-state index in [1.54, 1.807) is 19.1 Å². The Kier molecular flexibility index (Phi) is 5.47. The van der Waals surface area contributed by atoms with Gasteiger partial charge in [0.2, 0.25) is 0 Å². The van der Waals surface area contributed by atoms with E-state index >= 15 is 0 Å². The Balaban J connectivity index is 1.49. The van der Waals surface area contributed by atoms with Crippen LogP contribution in [-0.4, -0.2) is 36.2 Å². The van der Waals surface area contributed by atoms with Crippen molar-refractivity contribution in [2.24, 2.45) is 11.8 Å². The summed E-state index contributed by atoms with van der Waals surface area (Å²) in [5.41, 5.74) is 2.89. The van der Waals surface area contributed by atoms with E-state index in [9.17, 15) is 14.3 Å². The number of aryl methyl sites for hydroxylation is 1. The van der Waals surface area contributed by atoms with Crippen LogP contribution in [0.1, 0.15) is 39.9 Å². The number of nitrogens with one attached hydrogen (secondary N) is 2. The molecule has 1 heterocycles. The van der Waals surface area contributed by atoms with Gasteiger partial charge in [-0.05, 0) is 79.9 Å². The number of carbonyl (C=O) groups is 1. The monoisotopic (exact) mass is 382 g/mol. The Hall–Kier alpha value is -2.24. The SMILES string of the molecule is Cc1ccc(Cc2ccccc2C(=O)N[C@H]2C[C@H]3CNC[C@H]3C[C@@H]2O)cc1F. The molecule has 28 heavy (non-hydrogen) atoms. The van der Waals surface area contributed by atoms with Crippen LogP contribution < -0.4 is 10.6 Å². The van der Waals surface area contributed by atoms with Crippen LogP contribution in [-0.2, 0) is 6.42 Å². The molecule has 0 spiro atoms. The highest BCUT2D eigenvalue weighted by molar-refractivity contribution is 5.96. The zero-order valence-electron chi connectivity index (χ0n) is 16.1. The third kappa shape index (κ3) is 3.96. The topological polar surface area (TPSA) is 61.4 Å². The standard InChI is InChI=1S/C23H27FN2O2/c1-14-6-7-15(9-20(14)24)8-16-4-2-3-5-19(16)23(28)26-21-10-17-12-25-13-18(17)11-22(21)27/h2-7,9,17-18,21-22,25,27H,8,10-13H2,1H3,(H,26,28)/t17-,18+,21-,22-/m0/s1. The maximum atomic E-state index is 13.9. The van der Waals surface area contributed by atoms with Gasteiger partial charge in [-0.2, -0.15) is 0 Å². The van der Waals surface area contributed by atoms with Gasteiger partial charge in [0.05, 0.1) is 12.1 Å². The third-order valence-electron chi connectivity index (χ3n) is 6.25. The van der Waals surface area contributed by atoms with Crippen molar-refractivity contribution in [1.82, 2.24) is 10.6 Å². The smallest absolute Gasteiger partial charge is 0.251 e. The van der Waals surface area contributed by atoms with Crippen LogP contribution >= 0.6 is 0 Å². The van der Waals surface area contributed by atoms with Crippen LogP contribution in [0, 0.1) is 24.6 Å². The highest BCUT2D eigenvalue weighted by Crippen LogP contribution is 2.33. The first-order valence-electron chi connectivity index (χ1n) is 10.0. The quantitative estimate of drug-likeness (QED) is 0.762. The van der Waals surface area contributed by atoms with Crippen molar-refractivity contribution in [3.63, 3.8) is 0 Å². The van der Waals surface area contributed by atoms with Gasteiger partial charge in [0.25, 0.3) is 5.91 Å². The van der Waals surface area contributed by atoms with E-state index in [-0.39, 0.29) is 17.8 Å². The van der Waals surface area contributed by atoms with Crippen molar-refractivity contribution >= 4 is 5.91 Å². The summed E-state index contributed by atoms with van der Waals surface area (Å²) in [5, 5.41) is 16.9. The molecule has 1 aliphatic carbocycles. The lowest BCUT2D eigenvalue weighted by atomic mass is 9.77. The third-order valence-corrected chi connectivity index (χ3v) is 6.25. The van der Waals surface area contributed by atoms with E-state index in [0.29, 0.717) is 29.4 Å². The molecule has 1 aliphatic heterocycles. The molecular formula is C23H27FN2O2. The summed E-state index contributed by atoms with van der Waals surface area (Å²) >= 11 is 0. The summed E-state index contributed by atoms with van der Waals surface area (Å²) < 4.78 is 13.9. The van der Waals surface area contributed by atoms with Crippen LogP contribution in [0.15, 0.2) is 42.5 Å². The molecule has 1 saturated heterocycles. The Bertz CT molecular complexity index is 869. The van der Waals surface area contributed by atoms with Crippen molar-refractivity contribution in [2.45, 2.75) is 38.3 Å². The number of halogens is 1. The number of aliphatic hydroxyl groups is 1. The minimum atomic E-state index is -0.511. The number of aliphatic hydroxyl groups excluding tert-OH is 1. The summed E-state index contributed by atoms with van der Waals surface area (Å²) in [7, 11) is 0. The predicted octanol–water partition coefficient (Wildman–Crippen LogP) is 2.81. The van der Waals surface area contributed by atoms with Gasteiger partial charge in [0, 0.05) is 5.56 Å². The molecule has 2 aromatic carbocycles. The van der Waals surface area contributed by atoms with E-state index in [1.165, 1.54) is 6.07 Å². The second kappa shape index (κ2) is 8.02. The summed E-state index contributed by atoms with van der Waals surface area (Å²) in [6.07, 6.45) is 1.51. The van der Waals surface area contributed by atoms with E-state index in [1.807, 2.05) is 24.3 Å². The van der Waals surface area contributed by atoms with Crippen molar-refractivity contribution in [3.8, 4) is 0 Å². The lowest BCUT2D eigenvalue weighted by Crippen LogP contribution is -2.49. The predicted molar refractivity (Wildman–Crippen MR) is 107 cm³/mol. The number of hydrogen-bond acceptors (Lipinski definition) is 3. The fraction of sp³-hybridized carbons (Fsp3) is 0.435. The molecule has 4 rings (SSSR count). The van der Waals surface area contributed by atoms with Crippen LogP contribution in [0.2, 0.25) is 0 Å². The first kappa shape index (κ1) is 19.1. The van der Waals surface area contributed by atoms with Gasteiger partial charge in [-0.15, -0.1) is 0 Å². The number of benzene rings is 2. The van der Waals surface area contributed by atoms with Gasteiger partial charge >= 0.3 is 0 Å². The Morgan fingerprint density at radius 3 is 2.71 bits per heavy atom. The van der Waals surface area contributed by atoms with Crippen LogP contribution in [0.5, 0.6) is 0 Å². The van der Waals surface area contributed by atoms with Gasteiger partial charge in [-0.3, -0.25) is 4.79 Å². The lowest BCUT2D eigenvalue weighted by molar-refractivity contribution is 0.0461. The number of carbonyl (C=O) groups excluding carboxylic acids is 1. The molecule has 5 heteroatoms. The fourth-order valence-corrected chi connectivity index (χ4v) is 4.56. The molecular weight excluding hydrogens is 355 g/mol. The highest BCUT2D eigenvalue weighted by atomic mass is 19.1. The van der Waals surface area contributed by atoms with Crippen molar-refractivity contribution in [2.75, 3.05) is 13.1 Å². The molecule has 4 atom stereocenters. The Labute approximate surface area is 165 Å². The molecule has 3 N–H and O–H groups in total. The molecule has 0 unspecified atom stereocenters. The fourth-order valence-electron chi connectivity index (χ4n) is 4.56. The first-order chi connectivity index (χ1) is 13.5. The van der Waals surface area contributed by atoms with Crippen molar-refractivity contribution < 1.29 is 14.3 Å². The summed E-state index contributed by atoms with van der Waals surface area (Å²) in [5.74, 6) is 0.618. The van der Waals surface area contributed by atoms with Crippen molar-refractivity contribution in [3.05, 3.63) is 70.5 Å². The second-order valence-electron chi connectivity index (χ2n) is 8.21. The molecule has 148 valence electrons. The highest BCUT2D eigenvalue weighted by Gasteiger charge is 2.39. The van der Waals surface area contributed by atoms with E-state index in [0.717, 1.165) is 37.1 Å². The molecule has 1 amide bonds. The first-order valence-corrected chi connectivity index (χ1v) is 10.0. The molecule has 4 nitrogen and oxygen atoms in total. The molecule has 2 aliphatic rings. The van der Waals surface area contributed by atoms with Gasteiger partial charge in [0.15, 0.2) is 0 Å². The molecule has 2 aromatic rings. The van der Waals surface area contributed by atoms with Gasteiger partial charge in [0.1, 0.15) is 5.82 Å². The largest absolute Gasteiger partial charge is 0.391 e. The Morgan fingerprint density at radius 2 is 1.93 bits per heavy atom. The molecule has 2 fully saturated rings.